The van der Waals surface area contributed by atoms with Crippen molar-refractivity contribution >= 4 is 29.6 Å². The topological polar surface area (TPSA) is 132 Å². The minimum Gasteiger partial charge on any atom is -0.469 e. The van der Waals surface area contributed by atoms with E-state index < -0.39 is 17.6 Å². The SMILES string of the molecule is C=CCN(CC=C)c1nc(NC(=O)CCCC(=O)OC)n2oc(=O)nc2n1. The second-order valence-corrected chi connectivity index (χ2v) is 5.37. The number of fused-ring (bicyclic) bond motifs is 1. The number of methoxy groups -OCH3 is 1. The lowest BCUT2D eigenvalue weighted by Gasteiger charge is -2.19. The molecule has 27 heavy (non-hydrogen) atoms. The number of nitrogens with zero attached hydrogens (tertiary/aromatic N) is 5. The average molecular weight is 376 g/mol. The lowest BCUT2D eigenvalue weighted by atomic mass is 10.2. The maximum Gasteiger partial charge on any atom is 0.462 e. The smallest absolute Gasteiger partial charge is 0.462 e. The van der Waals surface area contributed by atoms with Crippen molar-refractivity contribution in [3.63, 3.8) is 0 Å². The van der Waals surface area contributed by atoms with Crippen molar-refractivity contribution in [2.45, 2.75) is 19.3 Å². The average Bonchev–Trinajstić information content (AvgIpc) is 3.01. The van der Waals surface area contributed by atoms with Crippen LogP contribution in [0.5, 0.6) is 0 Å². The third-order valence-electron chi connectivity index (χ3n) is 3.39. The molecule has 0 aliphatic heterocycles. The van der Waals surface area contributed by atoms with Crippen molar-refractivity contribution in [2.24, 2.45) is 0 Å². The molecule has 0 saturated heterocycles. The molecular formula is C16H20N6O5. The number of hydrogen-bond donors (Lipinski definition) is 1. The maximum absolute atomic E-state index is 12.1. The molecule has 0 unspecified atom stereocenters. The van der Waals surface area contributed by atoms with Gasteiger partial charge in [0.05, 0.1) is 7.11 Å². The zero-order chi connectivity index (χ0) is 19.8. The van der Waals surface area contributed by atoms with E-state index in [1.54, 1.807) is 17.1 Å². The van der Waals surface area contributed by atoms with Crippen molar-refractivity contribution in [1.82, 2.24) is 19.5 Å². The summed E-state index contributed by atoms with van der Waals surface area (Å²) < 4.78 is 10.4. The molecule has 1 N–H and O–H groups in total. The van der Waals surface area contributed by atoms with Gasteiger partial charge in [0.15, 0.2) is 0 Å². The molecule has 0 bridgehead atoms. The molecule has 2 rings (SSSR count). The van der Waals surface area contributed by atoms with Crippen molar-refractivity contribution in [3.8, 4) is 0 Å². The van der Waals surface area contributed by atoms with E-state index in [2.05, 4.69) is 38.2 Å². The number of hydrogen-bond acceptors (Lipinski definition) is 9. The van der Waals surface area contributed by atoms with Crippen LogP contribution in [0.4, 0.5) is 11.9 Å². The summed E-state index contributed by atoms with van der Waals surface area (Å²) in [5, 5.41) is 2.54. The van der Waals surface area contributed by atoms with E-state index in [0.29, 0.717) is 19.5 Å². The van der Waals surface area contributed by atoms with Crippen LogP contribution in [0.15, 0.2) is 34.6 Å². The van der Waals surface area contributed by atoms with Gasteiger partial charge in [0.25, 0.3) is 11.7 Å². The predicted molar refractivity (Wildman–Crippen MR) is 96.4 cm³/mol. The Hall–Kier alpha value is -3.50. The molecule has 2 heterocycles. The predicted octanol–water partition coefficient (Wildman–Crippen LogP) is 0.538. The van der Waals surface area contributed by atoms with Gasteiger partial charge in [-0.1, -0.05) is 16.7 Å². The highest BCUT2D eigenvalue weighted by Crippen LogP contribution is 2.14. The number of amides is 1. The summed E-state index contributed by atoms with van der Waals surface area (Å²) in [6.45, 7) is 8.17. The van der Waals surface area contributed by atoms with Crippen LogP contribution in [0.1, 0.15) is 19.3 Å². The fraction of sp³-hybridized carbons (Fsp3) is 0.375. The van der Waals surface area contributed by atoms with Crippen LogP contribution in [0.2, 0.25) is 0 Å². The molecular weight excluding hydrogens is 356 g/mol. The van der Waals surface area contributed by atoms with E-state index in [4.69, 9.17) is 4.52 Å². The Balaban J connectivity index is 2.26. The first-order valence-electron chi connectivity index (χ1n) is 8.10. The molecule has 0 spiro atoms. The molecule has 144 valence electrons. The van der Waals surface area contributed by atoms with Gasteiger partial charge in [-0.2, -0.15) is 9.97 Å². The van der Waals surface area contributed by atoms with Crippen LogP contribution < -0.4 is 16.0 Å². The molecule has 2 aromatic heterocycles. The summed E-state index contributed by atoms with van der Waals surface area (Å²) in [5.41, 5.74) is 0. The Bertz CT molecular complexity index is 892. The van der Waals surface area contributed by atoms with Crippen LogP contribution in [0, 0.1) is 0 Å². The molecule has 0 radical (unpaired) electrons. The number of rotatable bonds is 10. The second kappa shape index (κ2) is 9.27. The van der Waals surface area contributed by atoms with Gasteiger partial charge in [-0.05, 0) is 6.42 Å². The van der Waals surface area contributed by atoms with E-state index >= 15 is 0 Å². The van der Waals surface area contributed by atoms with Gasteiger partial charge in [-0.25, -0.2) is 4.79 Å². The van der Waals surface area contributed by atoms with Gasteiger partial charge in [0, 0.05) is 25.9 Å². The van der Waals surface area contributed by atoms with Crippen molar-refractivity contribution < 1.29 is 18.8 Å². The molecule has 0 aliphatic carbocycles. The third-order valence-corrected chi connectivity index (χ3v) is 3.39. The molecule has 1 amide bonds. The Labute approximate surface area is 154 Å². The zero-order valence-corrected chi connectivity index (χ0v) is 14.9. The van der Waals surface area contributed by atoms with Crippen LogP contribution in [-0.4, -0.2) is 51.6 Å². The Morgan fingerprint density at radius 2 is 1.93 bits per heavy atom. The Kier molecular flexibility index (Phi) is 6.80. The number of aromatic nitrogens is 4. The molecule has 0 fully saturated rings. The monoisotopic (exact) mass is 376 g/mol. The maximum atomic E-state index is 12.1. The second-order valence-electron chi connectivity index (χ2n) is 5.37. The van der Waals surface area contributed by atoms with Gasteiger partial charge < -0.3 is 14.2 Å². The number of nitrogens with one attached hydrogen (secondary N) is 1. The van der Waals surface area contributed by atoms with E-state index in [1.807, 2.05) is 0 Å². The molecule has 11 heteroatoms. The number of ether oxygens (including phenoxy) is 1. The molecule has 2 aromatic rings. The number of carbonyl (C=O) groups excluding carboxylic acids is 2. The lowest BCUT2D eigenvalue weighted by Crippen LogP contribution is -2.27. The fourth-order valence-electron chi connectivity index (χ4n) is 2.18. The van der Waals surface area contributed by atoms with Crippen LogP contribution in [0.3, 0.4) is 0 Å². The van der Waals surface area contributed by atoms with E-state index in [0.717, 1.165) is 4.57 Å². The van der Waals surface area contributed by atoms with Gasteiger partial charge in [0.1, 0.15) is 0 Å². The van der Waals surface area contributed by atoms with Gasteiger partial charge in [-0.15, -0.1) is 18.1 Å². The molecule has 0 aliphatic rings. The zero-order valence-electron chi connectivity index (χ0n) is 14.9. The molecule has 0 aromatic carbocycles. The molecule has 11 nitrogen and oxygen atoms in total. The summed E-state index contributed by atoms with van der Waals surface area (Å²) in [4.78, 5) is 48.5. The summed E-state index contributed by atoms with van der Waals surface area (Å²) in [7, 11) is 1.28. The first kappa shape index (κ1) is 19.8. The minimum absolute atomic E-state index is 0.0482. The van der Waals surface area contributed by atoms with Gasteiger partial charge in [0.2, 0.25) is 11.9 Å². The van der Waals surface area contributed by atoms with Crippen LogP contribution in [-0.2, 0) is 14.3 Å². The Morgan fingerprint density at radius 3 is 2.56 bits per heavy atom. The summed E-state index contributed by atoms with van der Waals surface area (Å²) in [6.07, 6.45) is 3.76. The Morgan fingerprint density at radius 1 is 1.22 bits per heavy atom. The molecule has 0 saturated carbocycles. The highest BCUT2D eigenvalue weighted by molar-refractivity contribution is 5.89. The molecule has 0 atom stereocenters. The summed E-state index contributed by atoms with van der Waals surface area (Å²) in [6, 6.07) is 0. The largest absolute Gasteiger partial charge is 0.469 e. The standard InChI is InChI=1S/C16H20N6O5/c1-4-9-21(10-5-2)13-18-14(22-15(19-13)20-16(25)27-22)17-11(23)7-6-8-12(24)26-3/h4-5H,1-2,6-10H2,3H3,(H,17,18,19,20,23,25). The van der Waals surface area contributed by atoms with Crippen molar-refractivity contribution in [3.05, 3.63) is 35.9 Å². The first-order valence-corrected chi connectivity index (χ1v) is 8.10. The minimum atomic E-state index is -0.873. The summed E-state index contributed by atoms with van der Waals surface area (Å²) in [5.74, 6) is -1.58. The normalized spacial score (nSPS) is 10.4. The van der Waals surface area contributed by atoms with Crippen molar-refractivity contribution in [2.75, 3.05) is 30.4 Å². The van der Waals surface area contributed by atoms with E-state index in [1.165, 1.54) is 7.11 Å². The van der Waals surface area contributed by atoms with Crippen LogP contribution >= 0.6 is 0 Å². The fourth-order valence-corrected chi connectivity index (χ4v) is 2.18. The first-order chi connectivity index (χ1) is 13.0. The number of anilines is 2. The number of carbonyl (C=O) groups is 2. The van der Waals surface area contributed by atoms with E-state index in [-0.39, 0.29) is 30.5 Å². The van der Waals surface area contributed by atoms with Crippen molar-refractivity contribution in [1.29, 1.82) is 0 Å². The third kappa shape index (κ3) is 5.23. The highest BCUT2D eigenvalue weighted by Gasteiger charge is 2.17. The van der Waals surface area contributed by atoms with E-state index in [9.17, 15) is 14.4 Å². The summed E-state index contributed by atoms with van der Waals surface area (Å²) >= 11 is 0. The van der Waals surface area contributed by atoms with Crippen LogP contribution in [0.25, 0.3) is 5.78 Å². The quantitative estimate of drug-likeness (QED) is 0.466. The van der Waals surface area contributed by atoms with Gasteiger partial charge >= 0.3 is 11.7 Å². The number of esters is 1. The lowest BCUT2D eigenvalue weighted by molar-refractivity contribution is -0.140. The highest BCUT2D eigenvalue weighted by atomic mass is 16.5. The van der Waals surface area contributed by atoms with Gasteiger partial charge in [-0.3, -0.25) is 14.9 Å².